The van der Waals surface area contributed by atoms with Crippen molar-refractivity contribution >= 4 is 15.9 Å². The van der Waals surface area contributed by atoms with Crippen molar-refractivity contribution in [2.24, 2.45) is 5.92 Å². The van der Waals surface area contributed by atoms with Gasteiger partial charge in [0.15, 0.2) is 0 Å². The molecule has 0 N–H and O–H groups in total. The summed E-state index contributed by atoms with van der Waals surface area (Å²) in [5.41, 5.74) is -0.862. The van der Waals surface area contributed by atoms with E-state index in [1.54, 1.807) is 0 Å². The molecule has 0 unspecified atom stereocenters. The van der Waals surface area contributed by atoms with E-state index in [1.807, 2.05) is 0 Å². The molecule has 0 amide bonds. The van der Waals surface area contributed by atoms with Crippen molar-refractivity contribution < 1.29 is 17.9 Å². The summed E-state index contributed by atoms with van der Waals surface area (Å²) >= 11 is 0. The number of rotatable bonds is 5. The minimum absolute atomic E-state index is 0.0450. The largest absolute Gasteiger partial charge is 0.497 e. The van der Waals surface area contributed by atoms with Gasteiger partial charge in [-0.05, 0) is 43.0 Å². The Kier molecular flexibility index (Phi) is 4.80. The number of carbonyl (C=O) groups excluding carboxylic acids is 1. The van der Waals surface area contributed by atoms with Crippen LogP contribution in [-0.2, 0) is 10.0 Å². The third-order valence-electron chi connectivity index (χ3n) is 4.57. The fourth-order valence-corrected chi connectivity index (χ4v) is 4.37. The predicted octanol–water partition coefficient (Wildman–Crippen LogP) is 2.12. The predicted molar refractivity (Wildman–Crippen MR) is 91.5 cm³/mol. The maximum absolute atomic E-state index is 12.6. The average molecular weight is 364 g/mol. The van der Waals surface area contributed by atoms with Crippen molar-refractivity contribution in [1.29, 1.82) is 0 Å². The molecule has 3 rings (SSSR count). The Morgan fingerprint density at radius 3 is 2.40 bits per heavy atom. The van der Waals surface area contributed by atoms with Gasteiger partial charge in [0.05, 0.1) is 12.0 Å². The van der Waals surface area contributed by atoms with Crippen molar-refractivity contribution in [3.8, 4) is 5.75 Å². The van der Waals surface area contributed by atoms with Gasteiger partial charge < -0.3 is 4.74 Å². The first kappa shape index (κ1) is 17.5. The summed E-state index contributed by atoms with van der Waals surface area (Å²) in [5, 5.41) is 0. The molecule has 1 aromatic carbocycles. The fraction of sp³-hybridized carbons (Fsp3) is 0.412. The molecule has 1 aliphatic rings. The number of carbonyl (C=O) groups is 1. The summed E-state index contributed by atoms with van der Waals surface area (Å²) in [6, 6.07) is 5.72. The summed E-state index contributed by atoms with van der Waals surface area (Å²) in [6.45, 7) is 0. The van der Waals surface area contributed by atoms with Crippen molar-refractivity contribution in [2.45, 2.75) is 37.0 Å². The molecule has 0 saturated heterocycles. The molecule has 2 aromatic rings. The number of imidazole rings is 1. The lowest BCUT2D eigenvalue weighted by molar-refractivity contribution is 0.0876. The van der Waals surface area contributed by atoms with Gasteiger partial charge in [-0.15, -0.1) is 0 Å². The second-order valence-corrected chi connectivity index (χ2v) is 7.99. The van der Waals surface area contributed by atoms with E-state index < -0.39 is 15.7 Å². The Balaban J connectivity index is 1.88. The van der Waals surface area contributed by atoms with Crippen LogP contribution in [-0.4, -0.2) is 30.0 Å². The second-order valence-electron chi connectivity index (χ2n) is 6.18. The Morgan fingerprint density at radius 2 is 1.80 bits per heavy atom. The monoisotopic (exact) mass is 364 g/mol. The molecule has 134 valence electrons. The molecule has 1 fully saturated rings. The van der Waals surface area contributed by atoms with E-state index in [0.29, 0.717) is 9.72 Å². The van der Waals surface area contributed by atoms with Crippen LogP contribution in [0.1, 0.15) is 36.9 Å². The molecule has 7 nitrogen and oxygen atoms in total. The van der Waals surface area contributed by atoms with Crippen LogP contribution in [0.2, 0.25) is 0 Å². The minimum atomic E-state index is -4.06. The first-order valence-corrected chi connectivity index (χ1v) is 9.60. The van der Waals surface area contributed by atoms with Crippen LogP contribution in [0.4, 0.5) is 0 Å². The maximum Gasteiger partial charge on any atom is 0.349 e. The zero-order chi connectivity index (χ0) is 18.0. The third-order valence-corrected chi connectivity index (χ3v) is 6.23. The Morgan fingerprint density at radius 1 is 1.16 bits per heavy atom. The number of hydrogen-bond acceptors (Lipinski definition) is 5. The van der Waals surface area contributed by atoms with Crippen LogP contribution in [0.3, 0.4) is 0 Å². The molecule has 1 aromatic heterocycles. The van der Waals surface area contributed by atoms with Crippen molar-refractivity contribution in [3.05, 3.63) is 47.1 Å². The summed E-state index contributed by atoms with van der Waals surface area (Å²) < 4.78 is 31.7. The van der Waals surface area contributed by atoms with Gasteiger partial charge in [-0.2, -0.15) is 3.97 Å². The lowest BCUT2D eigenvalue weighted by atomic mass is 10.0. The molecule has 0 bridgehead atoms. The van der Waals surface area contributed by atoms with Crippen LogP contribution in [0, 0.1) is 5.92 Å². The number of ether oxygens (including phenoxy) is 1. The molecule has 1 heterocycles. The standard InChI is InChI=1S/C17H20N2O5S/c1-24-14-6-8-15(9-7-14)25(22,23)19-11-10-18(17(19)21)16(20)12-13-4-2-3-5-13/h6-11,13H,2-5,12H2,1H3. The molecule has 1 saturated carbocycles. The summed E-state index contributed by atoms with van der Waals surface area (Å²) in [4.78, 5) is 24.7. The number of benzene rings is 1. The van der Waals surface area contributed by atoms with E-state index in [9.17, 15) is 18.0 Å². The molecule has 0 atom stereocenters. The molecule has 8 heteroatoms. The Labute approximate surface area is 145 Å². The number of methoxy groups -OCH3 is 1. The van der Waals surface area contributed by atoms with E-state index >= 15 is 0 Å². The normalized spacial score (nSPS) is 15.4. The molecule has 0 radical (unpaired) electrons. The van der Waals surface area contributed by atoms with Gasteiger partial charge in [0.2, 0.25) is 5.91 Å². The van der Waals surface area contributed by atoms with Crippen molar-refractivity contribution in [3.63, 3.8) is 0 Å². The molecular weight excluding hydrogens is 344 g/mol. The lowest BCUT2D eigenvalue weighted by Gasteiger charge is -2.08. The quantitative estimate of drug-likeness (QED) is 0.811. The van der Waals surface area contributed by atoms with Crippen LogP contribution in [0.25, 0.3) is 0 Å². The van der Waals surface area contributed by atoms with Crippen molar-refractivity contribution in [2.75, 3.05) is 7.11 Å². The Hall–Kier alpha value is -2.35. The molecule has 0 spiro atoms. The summed E-state index contributed by atoms with van der Waals surface area (Å²) in [7, 11) is -2.58. The van der Waals surface area contributed by atoms with Gasteiger partial charge in [-0.25, -0.2) is 17.8 Å². The number of hydrogen-bond donors (Lipinski definition) is 0. The molecular formula is C17H20N2O5S. The molecule has 25 heavy (non-hydrogen) atoms. The third kappa shape index (κ3) is 3.39. The number of aromatic nitrogens is 2. The zero-order valence-electron chi connectivity index (χ0n) is 13.9. The minimum Gasteiger partial charge on any atom is -0.497 e. The van der Waals surface area contributed by atoms with E-state index in [1.165, 1.54) is 37.6 Å². The van der Waals surface area contributed by atoms with Crippen molar-refractivity contribution in [1.82, 2.24) is 8.54 Å². The highest BCUT2D eigenvalue weighted by Crippen LogP contribution is 2.27. The molecule has 0 aliphatic heterocycles. The van der Waals surface area contributed by atoms with E-state index in [4.69, 9.17) is 4.74 Å². The van der Waals surface area contributed by atoms with Gasteiger partial charge >= 0.3 is 5.69 Å². The smallest absolute Gasteiger partial charge is 0.349 e. The van der Waals surface area contributed by atoms with Gasteiger partial charge in [0.25, 0.3) is 10.0 Å². The van der Waals surface area contributed by atoms with Gasteiger partial charge in [-0.3, -0.25) is 4.79 Å². The number of nitrogens with zero attached hydrogens (tertiary/aromatic N) is 2. The zero-order valence-corrected chi connectivity index (χ0v) is 14.7. The first-order valence-electron chi connectivity index (χ1n) is 8.16. The highest BCUT2D eigenvalue weighted by atomic mass is 32.2. The topological polar surface area (TPSA) is 87.4 Å². The SMILES string of the molecule is COc1ccc(S(=O)(=O)n2ccn(C(=O)CC3CCCC3)c2=O)cc1. The maximum atomic E-state index is 12.6. The first-order chi connectivity index (χ1) is 11.9. The van der Waals surface area contributed by atoms with Crippen LogP contribution in [0.5, 0.6) is 5.75 Å². The van der Waals surface area contributed by atoms with E-state index in [-0.39, 0.29) is 23.1 Å². The fourth-order valence-electron chi connectivity index (χ4n) is 3.15. The highest BCUT2D eigenvalue weighted by Gasteiger charge is 2.24. The van der Waals surface area contributed by atoms with Gasteiger partial charge in [-0.1, -0.05) is 12.8 Å². The Bertz CT molecular complexity index is 919. The van der Waals surface area contributed by atoms with Gasteiger partial charge in [0, 0.05) is 18.8 Å². The van der Waals surface area contributed by atoms with E-state index in [0.717, 1.165) is 36.4 Å². The lowest BCUT2D eigenvalue weighted by Crippen LogP contribution is -2.32. The van der Waals surface area contributed by atoms with Crippen LogP contribution in [0.15, 0.2) is 46.3 Å². The van der Waals surface area contributed by atoms with E-state index in [2.05, 4.69) is 0 Å². The van der Waals surface area contributed by atoms with Crippen LogP contribution < -0.4 is 10.4 Å². The van der Waals surface area contributed by atoms with Gasteiger partial charge in [0.1, 0.15) is 5.75 Å². The second kappa shape index (κ2) is 6.87. The summed E-state index contributed by atoms with van der Waals surface area (Å²) in [6.07, 6.45) is 6.76. The summed E-state index contributed by atoms with van der Waals surface area (Å²) in [5.74, 6) is 0.428. The molecule has 1 aliphatic carbocycles. The average Bonchev–Trinajstić information content (AvgIpc) is 3.24. The van der Waals surface area contributed by atoms with Crippen LogP contribution >= 0.6 is 0 Å². The highest BCUT2D eigenvalue weighted by molar-refractivity contribution is 7.90.